The maximum Gasteiger partial charge on any atom is 0.146 e. The van der Waals surface area contributed by atoms with E-state index in [0.29, 0.717) is 17.8 Å². The van der Waals surface area contributed by atoms with Gasteiger partial charge in [0.05, 0.1) is 11.7 Å². The molecule has 0 heterocycles. The highest BCUT2D eigenvalue weighted by Gasteiger charge is 2.22. The van der Waals surface area contributed by atoms with Crippen LogP contribution in [0.3, 0.4) is 0 Å². The molecule has 1 atom stereocenters. The zero-order chi connectivity index (χ0) is 15.4. The van der Waals surface area contributed by atoms with Crippen LogP contribution in [-0.4, -0.2) is 13.1 Å². The maximum atomic E-state index is 14.1. The standard InChI is InChI=1S/C16H17BrF2N2/c1-2-21(15-6-4-3-5-14(15)19)16(10-20)12-9-11(18)7-8-13(12)17/h3-9,16H,2,10,20H2,1H3. The van der Waals surface area contributed by atoms with Gasteiger partial charge in [-0.2, -0.15) is 0 Å². The minimum atomic E-state index is -0.337. The Hall–Kier alpha value is -1.46. The van der Waals surface area contributed by atoms with Gasteiger partial charge in [0, 0.05) is 17.6 Å². The molecule has 0 spiro atoms. The maximum absolute atomic E-state index is 14.1. The molecule has 2 nitrogen and oxygen atoms in total. The Morgan fingerprint density at radius 1 is 1.19 bits per heavy atom. The Balaban J connectivity index is 2.48. The molecule has 0 aliphatic rings. The fourth-order valence-corrected chi connectivity index (χ4v) is 2.95. The van der Waals surface area contributed by atoms with Crippen molar-refractivity contribution in [3.63, 3.8) is 0 Å². The van der Waals surface area contributed by atoms with Crippen LogP contribution in [0.5, 0.6) is 0 Å². The third-order valence-electron chi connectivity index (χ3n) is 3.42. The molecule has 0 aliphatic heterocycles. The monoisotopic (exact) mass is 354 g/mol. The minimum absolute atomic E-state index is 0.254. The summed E-state index contributed by atoms with van der Waals surface area (Å²) in [6.45, 7) is 2.73. The fourth-order valence-electron chi connectivity index (χ4n) is 2.44. The molecule has 2 N–H and O–H groups in total. The molecule has 0 aliphatic carbocycles. The van der Waals surface area contributed by atoms with Crippen molar-refractivity contribution in [2.24, 2.45) is 5.73 Å². The van der Waals surface area contributed by atoms with E-state index in [4.69, 9.17) is 5.73 Å². The van der Waals surface area contributed by atoms with E-state index in [1.807, 2.05) is 11.8 Å². The van der Waals surface area contributed by atoms with Gasteiger partial charge in [-0.1, -0.05) is 28.1 Å². The number of nitrogens with two attached hydrogens (primary N) is 1. The smallest absolute Gasteiger partial charge is 0.146 e. The number of anilines is 1. The molecule has 1 unspecified atom stereocenters. The van der Waals surface area contributed by atoms with Gasteiger partial charge in [0.15, 0.2) is 0 Å². The van der Waals surface area contributed by atoms with Crippen LogP contribution in [0.25, 0.3) is 0 Å². The van der Waals surface area contributed by atoms with Gasteiger partial charge in [0.2, 0.25) is 0 Å². The second-order valence-electron chi connectivity index (χ2n) is 4.65. The summed E-state index contributed by atoms with van der Waals surface area (Å²) in [4.78, 5) is 1.84. The van der Waals surface area contributed by atoms with Crippen molar-refractivity contribution in [2.75, 3.05) is 18.0 Å². The molecule has 21 heavy (non-hydrogen) atoms. The molecule has 0 bridgehead atoms. The summed E-state index contributed by atoms with van der Waals surface area (Å²) in [5, 5.41) is 0. The van der Waals surface area contributed by atoms with Gasteiger partial charge in [-0.15, -0.1) is 0 Å². The molecule has 0 amide bonds. The highest BCUT2D eigenvalue weighted by Crippen LogP contribution is 2.32. The number of nitrogens with zero attached hydrogens (tertiary/aromatic N) is 1. The third-order valence-corrected chi connectivity index (χ3v) is 4.14. The van der Waals surface area contributed by atoms with Crippen LogP contribution in [0.4, 0.5) is 14.5 Å². The van der Waals surface area contributed by atoms with Crippen molar-refractivity contribution >= 4 is 21.6 Å². The van der Waals surface area contributed by atoms with E-state index in [-0.39, 0.29) is 24.2 Å². The van der Waals surface area contributed by atoms with Crippen LogP contribution >= 0.6 is 15.9 Å². The Kier molecular flexibility index (Phi) is 5.31. The lowest BCUT2D eigenvalue weighted by atomic mass is 10.0. The topological polar surface area (TPSA) is 29.3 Å². The minimum Gasteiger partial charge on any atom is -0.361 e. The number of hydrogen-bond acceptors (Lipinski definition) is 2. The van der Waals surface area contributed by atoms with Gasteiger partial charge in [-0.25, -0.2) is 8.78 Å². The van der Waals surface area contributed by atoms with Gasteiger partial charge in [-0.05, 0) is 42.8 Å². The van der Waals surface area contributed by atoms with Crippen LogP contribution in [0.2, 0.25) is 0 Å². The van der Waals surface area contributed by atoms with E-state index < -0.39 is 0 Å². The molecule has 2 aromatic carbocycles. The van der Waals surface area contributed by atoms with E-state index in [0.717, 1.165) is 4.47 Å². The van der Waals surface area contributed by atoms with E-state index in [9.17, 15) is 8.78 Å². The second-order valence-corrected chi connectivity index (χ2v) is 5.51. The molecular formula is C16H17BrF2N2. The van der Waals surface area contributed by atoms with Crippen molar-refractivity contribution in [3.8, 4) is 0 Å². The van der Waals surface area contributed by atoms with Crippen LogP contribution in [-0.2, 0) is 0 Å². The average molecular weight is 355 g/mol. The predicted octanol–water partition coefficient (Wildman–Crippen LogP) is 4.25. The fraction of sp³-hybridized carbons (Fsp3) is 0.250. The van der Waals surface area contributed by atoms with E-state index in [1.54, 1.807) is 24.3 Å². The number of halogens is 3. The Morgan fingerprint density at radius 2 is 1.90 bits per heavy atom. The first-order chi connectivity index (χ1) is 10.1. The first-order valence-electron chi connectivity index (χ1n) is 6.74. The van der Waals surface area contributed by atoms with Gasteiger partial charge < -0.3 is 10.6 Å². The first-order valence-corrected chi connectivity index (χ1v) is 7.54. The number of benzene rings is 2. The second kappa shape index (κ2) is 7.00. The van der Waals surface area contributed by atoms with Gasteiger partial charge in [0.1, 0.15) is 11.6 Å². The SMILES string of the molecule is CCN(c1ccccc1F)C(CN)c1cc(F)ccc1Br. The van der Waals surface area contributed by atoms with Gasteiger partial charge in [-0.3, -0.25) is 0 Å². The molecule has 0 radical (unpaired) electrons. The van der Waals surface area contributed by atoms with Crippen molar-refractivity contribution in [1.82, 2.24) is 0 Å². The lowest BCUT2D eigenvalue weighted by molar-refractivity contribution is 0.581. The summed E-state index contributed by atoms with van der Waals surface area (Å²) in [5.74, 6) is -0.651. The van der Waals surface area contributed by atoms with Crippen LogP contribution in [0.15, 0.2) is 46.9 Å². The summed E-state index contributed by atoms with van der Waals surface area (Å²) in [7, 11) is 0. The quantitative estimate of drug-likeness (QED) is 0.869. The van der Waals surface area contributed by atoms with Gasteiger partial charge in [0.25, 0.3) is 0 Å². The Labute approximate surface area is 131 Å². The van der Waals surface area contributed by atoms with E-state index >= 15 is 0 Å². The Morgan fingerprint density at radius 3 is 2.52 bits per heavy atom. The number of para-hydroxylation sites is 1. The summed E-state index contributed by atoms with van der Waals surface area (Å²) < 4.78 is 28.3. The lowest BCUT2D eigenvalue weighted by Crippen LogP contribution is -2.34. The van der Waals surface area contributed by atoms with Crippen molar-refractivity contribution in [1.29, 1.82) is 0 Å². The van der Waals surface area contributed by atoms with E-state index in [2.05, 4.69) is 15.9 Å². The molecule has 0 fully saturated rings. The first kappa shape index (κ1) is 15.9. The number of likely N-dealkylation sites (N-methyl/N-ethyl adjacent to an activating group) is 1. The van der Waals surface area contributed by atoms with Crippen LogP contribution in [0.1, 0.15) is 18.5 Å². The predicted molar refractivity (Wildman–Crippen MR) is 85.3 cm³/mol. The summed E-state index contributed by atoms with van der Waals surface area (Å²) in [6, 6.07) is 10.7. The van der Waals surface area contributed by atoms with Gasteiger partial charge >= 0.3 is 0 Å². The number of rotatable bonds is 5. The summed E-state index contributed by atoms with van der Waals surface area (Å²) in [5.41, 5.74) is 7.06. The zero-order valence-electron chi connectivity index (χ0n) is 11.7. The molecular weight excluding hydrogens is 338 g/mol. The molecule has 0 aromatic heterocycles. The molecule has 5 heteroatoms. The molecule has 112 valence electrons. The van der Waals surface area contributed by atoms with Crippen molar-refractivity contribution < 1.29 is 8.78 Å². The molecule has 0 saturated heterocycles. The van der Waals surface area contributed by atoms with Crippen molar-refractivity contribution in [3.05, 3.63) is 64.1 Å². The lowest BCUT2D eigenvalue weighted by Gasteiger charge is -2.33. The van der Waals surface area contributed by atoms with Crippen LogP contribution in [0, 0.1) is 11.6 Å². The zero-order valence-corrected chi connectivity index (χ0v) is 13.3. The summed E-state index contributed by atoms with van der Waals surface area (Å²) >= 11 is 3.42. The highest BCUT2D eigenvalue weighted by molar-refractivity contribution is 9.10. The van der Waals surface area contributed by atoms with Crippen LogP contribution < -0.4 is 10.6 Å². The average Bonchev–Trinajstić information content (AvgIpc) is 2.48. The van der Waals surface area contributed by atoms with E-state index in [1.165, 1.54) is 18.2 Å². The summed E-state index contributed by atoms with van der Waals surface area (Å²) in [6.07, 6.45) is 0. The molecule has 0 saturated carbocycles. The molecule has 2 rings (SSSR count). The number of hydrogen-bond donors (Lipinski definition) is 1. The third kappa shape index (κ3) is 3.41. The largest absolute Gasteiger partial charge is 0.361 e. The molecule has 2 aromatic rings. The van der Waals surface area contributed by atoms with Crippen molar-refractivity contribution in [2.45, 2.75) is 13.0 Å². The highest BCUT2D eigenvalue weighted by atomic mass is 79.9. The Bertz CT molecular complexity index is 619. The normalized spacial score (nSPS) is 12.2.